The summed E-state index contributed by atoms with van der Waals surface area (Å²) in [5, 5.41) is 11.4. The van der Waals surface area contributed by atoms with Crippen LogP contribution >= 0.6 is 11.3 Å². The molecule has 1 aliphatic carbocycles. The Morgan fingerprint density at radius 1 is 1.15 bits per heavy atom. The van der Waals surface area contributed by atoms with Gasteiger partial charge in [0.15, 0.2) is 5.82 Å². The van der Waals surface area contributed by atoms with Crippen molar-refractivity contribution in [3.05, 3.63) is 35.0 Å². The van der Waals surface area contributed by atoms with E-state index in [0.29, 0.717) is 6.54 Å². The fourth-order valence-corrected chi connectivity index (χ4v) is 5.39. The number of hydrogen-bond acceptors (Lipinski definition) is 6. The number of fused-ring (bicyclic) bond motifs is 3. The second kappa shape index (κ2) is 6.59. The van der Waals surface area contributed by atoms with Gasteiger partial charge in [-0.2, -0.15) is 0 Å². The van der Waals surface area contributed by atoms with Gasteiger partial charge in [0, 0.05) is 35.9 Å². The molecule has 0 radical (unpaired) electrons. The van der Waals surface area contributed by atoms with Gasteiger partial charge >= 0.3 is 0 Å². The summed E-state index contributed by atoms with van der Waals surface area (Å²) in [7, 11) is 0. The van der Waals surface area contributed by atoms with Gasteiger partial charge in [-0.25, -0.2) is 9.97 Å². The van der Waals surface area contributed by atoms with Crippen molar-refractivity contribution >= 4 is 27.4 Å². The van der Waals surface area contributed by atoms with Crippen molar-refractivity contribution in [1.82, 2.24) is 15.0 Å². The molecule has 134 valence electrons. The first-order valence-corrected chi connectivity index (χ1v) is 10.3. The number of piperidine rings is 1. The third-order valence-electron chi connectivity index (χ3n) is 5.41. The third kappa shape index (κ3) is 2.77. The smallest absolute Gasteiger partial charge is 0.164 e. The van der Waals surface area contributed by atoms with Crippen LogP contribution in [0.15, 0.2) is 24.5 Å². The van der Waals surface area contributed by atoms with Crippen LogP contribution in [0, 0.1) is 0 Å². The Bertz CT molecular complexity index is 940. The van der Waals surface area contributed by atoms with E-state index in [9.17, 15) is 5.11 Å². The maximum atomic E-state index is 10.2. The SMILES string of the molecule is OC1CCCN(c2nc(-c3cccnc3)nc3sc4c(c23)CCCC4)C1. The van der Waals surface area contributed by atoms with Crippen LogP contribution in [0.2, 0.25) is 0 Å². The number of rotatable bonds is 2. The lowest BCUT2D eigenvalue weighted by molar-refractivity contribution is 0.154. The molecule has 0 amide bonds. The Labute approximate surface area is 156 Å². The number of aliphatic hydroxyl groups is 1. The van der Waals surface area contributed by atoms with E-state index in [4.69, 9.17) is 9.97 Å². The summed E-state index contributed by atoms with van der Waals surface area (Å²) in [6.07, 6.45) is 9.98. The predicted octanol–water partition coefficient (Wildman–Crippen LogP) is 3.59. The van der Waals surface area contributed by atoms with Crippen molar-refractivity contribution in [2.75, 3.05) is 18.0 Å². The quantitative estimate of drug-likeness (QED) is 0.751. The fourth-order valence-electron chi connectivity index (χ4n) is 4.14. The molecule has 1 aliphatic heterocycles. The predicted molar refractivity (Wildman–Crippen MR) is 105 cm³/mol. The van der Waals surface area contributed by atoms with E-state index in [0.717, 1.165) is 54.3 Å². The number of β-amino-alcohol motifs (C(OH)–C–C–N with tert-alkyl or cyclic N) is 1. The molecule has 0 saturated carbocycles. The van der Waals surface area contributed by atoms with E-state index in [1.165, 1.54) is 28.7 Å². The maximum absolute atomic E-state index is 10.2. The molecule has 5 rings (SSSR count). The van der Waals surface area contributed by atoms with Gasteiger partial charge in [0.2, 0.25) is 0 Å². The van der Waals surface area contributed by atoms with Crippen molar-refractivity contribution in [2.45, 2.75) is 44.6 Å². The molecular weight excluding hydrogens is 344 g/mol. The van der Waals surface area contributed by atoms with Crippen LogP contribution in [0.1, 0.15) is 36.1 Å². The zero-order valence-corrected chi connectivity index (χ0v) is 15.5. The molecule has 1 atom stereocenters. The van der Waals surface area contributed by atoms with Crippen molar-refractivity contribution in [3.8, 4) is 11.4 Å². The van der Waals surface area contributed by atoms with E-state index in [-0.39, 0.29) is 6.10 Å². The number of pyridine rings is 1. The normalized spacial score (nSPS) is 20.3. The van der Waals surface area contributed by atoms with Crippen LogP contribution in [-0.4, -0.2) is 39.3 Å². The van der Waals surface area contributed by atoms with Crippen LogP contribution in [0.25, 0.3) is 21.6 Å². The second-order valence-corrected chi connectivity index (χ2v) is 8.33. The van der Waals surface area contributed by atoms with Gasteiger partial charge in [0.1, 0.15) is 10.6 Å². The Kier molecular flexibility index (Phi) is 4.10. The largest absolute Gasteiger partial charge is 0.391 e. The first kappa shape index (κ1) is 16.1. The molecule has 6 heteroatoms. The molecule has 5 nitrogen and oxygen atoms in total. The van der Waals surface area contributed by atoms with Crippen molar-refractivity contribution < 1.29 is 5.11 Å². The lowest BCUT2D eigenvalue weighted by atomic mass is 9.96. The molecule has 1 N–H and O–H groups in total. The van der Waals surface area contributed by atoms with Gasteiger partial charge in [0.25, 0.3) is 0 Å². The lowest BCUT2D eigenvalue weighted by Gasteiger charge is -2.32. The molecule has 0 spiro atoms. The van der Waals surface area contributed by atoms with E-state index < -0.39 is 0 Å². The average molecular weight is 366 g/mol. The van der Waals surface area contributed by atoms with Crippen LogP contribution in [-0.2, 0) is 12.8 Å². The maximum Gasteiger partial charge on any atom is 0.164 e. The topological polar surface area (TPSA) is 62.1 Å². The monoisotopic (exact) mass is 366 g/mol. The summed E-state index contributed by atoms with van der Waals surface area (Å²) in [6, 6.07) is 3.93. The second-order valence-electron chi connectivity index (χ2n) is 7.25. The Morgan fingerprint density at radius 3 is 2.92 bits per heavy atom. The van der Waals surface area contributed by atoms with Gasteiger partial charge in [-0.3, -0.25) is 4.98 Å². The standard InChI is InChI=1S/C20H22N4OS/c25-14-6-4-10-24(12-14)19-17-15-7-1-2-8-16(15)26-20(17)23-18(22-19)13-5-3-9-21-11-13/h3,5,9,11,14,25H,1-2,4,6-8,10,12H2. The molecule has 1 unspecified atom stereocenters. The van der Waals surface area contributed by atoms with E-state index in [2.05, 4.69) is 9.88 Å². The summed E-state index contributed by atoms with van der Waals surface area (Å²) in [4.78, 5) is 18.9. The first-order chi connectivity index (χ1) is 12.8. The summed E-state index contributed by atoms with van der Waals surface area (Å²) < 4.78 is 0. The third-order valence-corrected chi connectivity index (χ3v) is 6.60. The summed E-state index contributed by atoms with van der Waals surface area (Å²) in [5.74, 6) is 1.74. The minimum Gasteiger partial charge on any atom is -0.391 e. The first-order valence-electron chi connectivity index (χ1n) is 9.45. The molecule has 0 bridgehead atoms. The van der Waals surface area contributed by atoms with Gasteiger partial charge < -0.3 is 10.0 Å². The molecule has 1 fully saturated rings. The number of anilines is 1. The van der Waals surface area contributed by atoms with Gasteiger partial charge in [-0.05, 0) is 56.2 Å². The highest BCUT2D eigenvalue weighted by Crippen LogP contribution is 2.41. The van der Waals surface area contributed by atoms with Gasteiger partial charge in [-0.15, -0.1) is 11.3 Å². The molecule has 1 saturated heterocycles. The average Bonchev–Trinajstić information content (AvgIpc) is 3.06. The Morgan fingerprint density at radius 2 is 2.08 bits per heavy atom. The molecule has 3 aromatic heterocycles. The summed E-state index contributed by atoms with van der Waals surface area (Å²) >= 11 is 1.83. The minimum absolute atomic E-state index is 0.273. The number of aromatic nitrogens is 3. The van der Waals surface area contributed by atoms with E-state index >= 15 is 0 Å². The number of hydrogen-bond donors (Lipinski definition) is 1. The molecular formula is C20H22N4OS. The molecule has 2 aliphatic rings. The molecule has 4 heterocycles. The molecule has 26 heavy (non-hydrogen) atoms. The summed E-state index contributed by atoms with van der Waals surface area (Å²) in [6.45, 7) is 1.60. The number of aryl methyl sites for hydroxylation is 2. The van der Waals surface area contributed by atoms with Crippen molar-refractivity contribution in [2.24, 2.45) is 0 Å². The number of nitrogens with zero attached hydrogens (tertiary/aromatic N) is 4. The minimum atomic E-state index is -0.273. The van der Waals surface area contributed by atoms with Crippen LogP contribution < -0.4 is 4.90 Å². The zero-order chi connectivity index (χ0) is 17.5. The van der Waals surface area contributed by atoms with Crippen molar-refractivity contribution in [3.63, 3.8) is 0 Å². The summed E-state index contributed by atoms with van der Waals surface area (Å²) in [5.41, 5.74) is 2.39. The van der Waals surface area contributed by atoms with Crippen LogP contribution in [0.5, 0.6) is 0 Å². The highest BCUT2D eigenvalue weighted by Gasteiger charge is 2.26. The number of aliphatic hydroxyl groups excluding tert-OH is 1. The van der Waals surface area contributed by atoms with E-state index in [1.807, 2.05) is 29.7 Å². The lowest BCUT2D eigenvalue weighted by Crippen LogP contribution is -2.39. The highest BCUT2D eigenvalue weighted by molar-refractivity contribution is 7.19. The Hall–Kier alpha value is -2.05. The van der Waals surface area contributed by atoms with Gasteiger partial charge in [-0.1, -0.05) is 0 Å². The highest BCUT2D eigenvalue weighted by atomic mass is 32.1. The van der Waals surface area contributed by atoms with E-state index in [1.54, 1.807) is 6.20 Å². The van der Waals surface area contributed by atoms with Gasteiger partial charge in [0.05, 0.1) is 11.5 Å². The molecule has 0 aromatic carbocycles. The van der Waals surface area contributed by atoms with Crippen LogP contribution in [0.3, 0.4) is 0 Å². The zero-order valence-electron chi connectivity index (χ0n) is 14.7. The van der Waals surface area contributed by atoms with Crippen LogP contribution in [0.4, 0.5) is 5.82 Å². The molecule has 3 aromatic rings. The Balaban J connectivity index is 1.72. The fraction of sp³-hybridized carbons (Fsp3) is 0.450. The number of thiophene rings is 1. The van der Waals surface area contributed by atoms with Crippen molar-refractivity contribution in [1.29, 1.82) is 0 Å².